The number of amides is 1. The third kappa shape index (κ3) is 5.34. The highest BCUT2D eigenvalue weighted by Crippen LogP contribution is 2.25. The van der Waals surface area contributed by atoms with Crippen molar-refractivity contribution in [3.63, 3.8) is 0 Å². The van der Waals surface area contributed by atoms with E-state index in [0.29, 0.717) is 26.8 Å². The number of hydrogen-bond donors (Lipinski definition) is 2. The molecule has 3 N–H and O–H groups in total. The zero-order valence-electron chi connectivity index (χ0n) is 16.4. The molecule has 11 heteroatoms. The Morgan fingerprint density at radius 3 is 2.61 bits per heavy atom. The number of nitrogens with one attached hydrogen (secondary N) is 1. The Bertz CT molecular complexity index is 1320. The molecule has 0 bridgehead atoms. The summed E-state index contributed by atoms with van der Waals surface area (Å²) in [6, 6.07) is 10.4. The molecular weight excluding hydrogens is 460 g/mol. The summed E-state index contributed by atoms with van der Waals surface area (Å²) in [6.45, 7) is 5.57. The van der Waals surface area contributed by atoms with Gasteiger partial charge in [0, 0.05) is 17.3 Å². The van der Waals surface area contributed by atoms with Gasteiger partial charge < -0.3 is 5.32 Å². The van der Waals surface area contributed by atoms with Crippen LogP contribution in [0.4, 0.5) is 5.69 Å². The number of benzene rings is 2. The maximum atomic E-state index is 12.9. The number of nitrogens with two attached hydrogens (primary N) is 1. The third-order valence-corrected chi connectivity index (χ3v) is 6.55. The van der Waals surface area contributed by atoms with Crippen LogP contribution in [0.2, 0.25) is 5.02 Å². The highest BCUT2D eigenvalue weighted by molar-refractivity contribution is 8.00. The number of primary sulfonamides is 1. The van der Waals surface area contributed by atoms with Gasteiger partial charge in [0.25, 0.3) is 5.56 Å². The van der Waals surface area contributed by atoms with E-state index in [1.165, 1.54) is 28.8 Å². The van der Waals surface area contributed by atoms with Crippen molar-refractivity contribution in [2.75, 3.05) is 5.32 Å². The summed E-state index contributed by atoms with van der Waals surface area (Å²) in [4.78, 5) is 30.0. The molecule has 0 aliphatic rings. The minimum atomic E-state index is -3.81. The second-order valence-electron chi connectivity index (χ2n) is 6.58. The fourth-order valence-corrected chi connectivity index (χ4v) is 4.34. The third-order valence-electron chi connectivity index (χ3n) is 4.29. The fourth-order valence-electron chi connectivity index (χ4n) is 2.74. The first-order chi connectivity index (χ1) is 14.6. The Hall–Kier alpha value is -2.66. The minimum Gasteiger partial charge on any atom is -0.325 e. The van der Waals surface area contributed by atoms with E-state index in [1.54, 1.807) is 31.2 Å². The molecule has 1 aromatic heterocycles. The predicted octanol–water partition coefficient (Wildman–Crippen LogP) is 3.00. The van der Waals surface area contributed by atoms with Crippen LogP contribution in [0.25, 0.3) is 10.9 Å². The van der Waals surface area contributed by atoms with Crippen LogP contribution in [0.15, 0.2) is 70.0 Å². The van der Waals surface area contributed by atoms with Crippen molar-refractivity contribution in [2.45, 2.75) is 28.8 Å². The molecule has 0 radical (unpaired) electrons. The summed E-state index contributed by atoms with van der Waals surface area (Å²) in [7, 11) is -3.81. The van der Waals surface area contributed by atoms with E-state index in [2.05, 4.69) is 16.9 Å². The van der Waals surface area contributed by atoms with Gasteiger partial charge in [-0.05, 0) is 49.4 Å². The summed E-state index contributed by atoms with van der Waals surface area (Å²) < 4.78 is 24.1. The number of fused-ring (bicyclic) bond motifs is 1. The number of aromatic nitrogens is 2. The molecule has 31 heavy (non-hydrogen) atoms. The van der Waals surface area contributed by atoms with Crippen molar-refractivity contribution in [1.82, 2.24) is 9.55 Å². The number of rotatable bonds is 7. The number of nitrogens with zero attached hydrogens (tertiary/aromatic N) is 2. The van der Waals surface area contributed by atoms with E-state index in [0.717, 1.165) is 11.8 Å². The molecule has 0 fully saturated rings. The van der Waals surface area contributed by atoms with Crippen LogP contribution in [0.3, 0.4) is 0 Å². The van der Waals surface area contributed by atoms with Crippen molar-refractivity contribution < 1.29 is 13.2 Å². The number of halogens is 1. The Morgan fingerprint density at radius 2 is 2.00 bits per heavy atom. The zero-order chi connectivity index (χ0) is 22.8. The molecule has 1 atom stereocenters. The minimum absolute atomic E-state index is 0.0539. The lowest BCUT2D eigenvalue weighted by Gasteiger charge is -2.15. The molecule has 3 aromatic rings. The van der Waals surface area contributed by atoms with Gasteiger partial charge in [-0.2, -0.15) is 0 Å². The van der Waals surface area contributed by atoms with Crippen LogP contribution < -0.4 is 16.0 Å². The summed E-state index contributed by atoms with van der Waals surface area (Å²) in [6.07, 6.45) is 1.57. The van der Waals surface area contributed by atoms with Gasteiger partial charge in [0.05, 0.1) is 21.0 Å². The average Bonchev–Trinajstić information content (AvgIpc) is 2.71. The quantitative estimate of drug-likeness (QED) is 0.305. The first kappa shape index (κ1) is 23.0. The maximum Gasteiger partial charge on any atom is 0.262 e. The Labute approximate surface area is 188 Å². The number of sulfonamides is 1. The summed E-state index contributed by atoms with van der Waals surface area (Å²) in [5.74, 6) is -0.344. The van der Waals surface area contributed by atoms with Crippen LogP contribution in [0, 0.1) is 0 Å². The van der Waals surface area contributed by atoms with Crippen LogP contribution in [0.5, 0.6) is 0 Å². The molecular formula is C20H19ClN4O4S2. The Morgan fingerprint density at radius 1 is 1.32 bits per heavy atom. The molecule has 2 aromatic carbocycles. The van der Waals surface area contributed by atoms with Gasteiger partial charge in [0.1, 0.15) is 0 Å². The Balaban J connectivity index is 1.85. The normalized spacial score (nSPS) is 12.5. The first-order valence-corrected chi connectivity index (χ1v) is 11.8. The number of thioether (sulfide) groups is 1. The topological polar surface area (TPSA) is 124 Å². The average molecular weight is 479 g/mol. The van der Waals surface area contributed by atoms with E-state index < -0.39 is 15.3 Å². The molecule has 162 valence electrons. The van der Waals surface area contributed by atoms with Crippen molar-refractivity contribution in [1.29, 1.82) is 0 Å². The number of anilines is 1. The highest BCUT2D eigenvalue weighted by Gasteiger charge is 2.20. The molecule has 0 saturated heterocycles. The summed E-state index contributed by atoms with van der Waals surface area (Å²) in [5, 5.41) is 8.35. The van der Waals surface area contributed by atoms with Crippen LogP contribution in [0.1, 0.15) is 6.92 Å². The summed E-state index contributed by atoms with van der Waals surface area (Å²) >= 11 is 7.12. The largest absolute Gasteiger partial charge is 0.325 e. The van der Waals surface area contributed by atoms with Crippen molar-refractivity contribution in [3.8, 4) is 0 Å². The lowest BCUT2D eigenvalue weighted by atomic mass is 10.2. The molecule has 0 aliphatic carbocycles. The molecule has 3 rings (SSSR count). The maximum absolute atomic E-state index is 12.9. The highest BCUT2D eigenvalue weighted by atomic mass is 35.5. The van der Waals surface area contributed by atoms with Gasteiger partial charge in [-0.1, -0.05) is 29.4 Å². The lowest BCUT2D eigenvalue weighted by Crippen LogP contribution is -2.26. The monoisotopic (exact) mass is 478 g/mol. The lowest BCUT2D eigenvalue weighted by molar-refractivity contribution is -0.115. The smallest absolute Gasteiger partial charge is 0.262 e. The van der Waals surface area contributed by atoms with Crippen LogP contribution in [-0.2, 0) is 21.4 Å². The van der Waals surface area contributed by atoms with E-state index in [1.807, 2.05) is 0 Å². The van der Waals surface area contributed by atoms with Gasteiger partial charge >= 0.3 is 0 Å². The SMILES string of the molecule is C=CCn1c(SC(C)C(=O)Nc2ccc(S(N)(=O)=O)cc2)nc2ccc(Cl)cc2c1=O. The Kier molecular flexibility index (Phi) is 6.85. The van der Waals surface area contributed by atoms with Crippen LogP contribution in [-0.4, -0.2) is 29.1 Å². The number of carbonyl (C=O) groups excluding carboxylic acids is 1. The van der Waals surface area contributed by atoms with Gasteiger partial charge in [-0.25, -0.2) is 18.5 Å². The molecule has 1 unspecified atom stereocenters. The second kappa shape index (κ2) is 9.23. The molecule has 1 amide bonds. The van der Waals surface area contributed by atoms with Gasteiger partial charge in [-0.3, -0.25) is 14.2 Å². The number of hydrogen-bond acceptors (Lipinski definition) is 6. The van der Waals surface area contributed by atoms with Crippen molar-refractivity contribution in [2.24, 2.45) is 5.14 Å². The van der Waals surface area contributed by atoms with E-state index in [9.17, 15) is 18.0 Å². The number of carbonyl (C=O) groups is 1. The van der Waals surface area contributed by atoms with Gasteiger partial charge in [0.2, 0.25) is 15.9 Å². The standard InChI is InChI=1S/C20H19ClN4O4S2/c1-3-10-25-19(27)16-11-13(21)4-9-17(16)24-20(25)30-12(2)18(26)23-14-5-7-15(8-6-14)31(22,28)29/h3-9,11-12H,1,10H2,2H3,(H,23,26)(H2,22,28,29). The molecule has 1 heterocycles. The zero-order valence-corrected chi connectivity index (χ0v) is 18.8. The fraction of sp³-hybridized carbons (Fsp3) is 0.150. The molecule has 8 nitrogen and oxygen atoms in total. The van der Waals surface area contributed by atoms with Crippen molar-refractivity contribution in [3.05, 3.63) is 70.5 Å². The number of allylic oxidation sites excluding steroid dienone is 1. The molecule has 0 aliphatic heterocycles. The van der Waals surface area contributed by atoms with E-state index in [-0.39, 0.29) is 22.9 Å². The van der Waals surface area contributed by atoms with Crippen molar-refractivity contribution >= 4 is 55.9 Å². The van der Waals surface area contributed by atoms with Crippen LogP contribution >= 0.6 is 23.4 Å². The van der Waals surface area contributed by atoms with E-state index in [4.69, 9.17) is 16.7 Å². The predicted molar refractivity (Wildman–Crippen MR) is 123 cm³/mol. The van der Waals surface area contributed by atoms with Gasteiger partial charge in [0.15, 0.2) is 5.16 Å². The molecule has 0 spiro atoms. The summed E-state index contributed by atoms with van der Waals surface area (Å²) in [5.41, 5.74) is 0.610. The molecule has 0 saturated carbocycles. The second-order valence-corrected chi connectivity index (χ2v) is 9.88. The first-order valence-electron chi connectivity index (χ1n) is 9.01. The van der Waals surface area contributed by atoms with Gasteiger partial charge in [-0.15, -0.1) is 6.58 Å². The van der Waals surface area contributed by atoms with E-state index >= 15 is 0 Å².